The fourth-order valence-electron chi connectivity index (χ4n) is 1.01. The van der Waals surface area contributed by atoms with Gasteiger partial charge in [-0.3, -0.25) is 19.6 Å². The summed E-state index contributed by atoms with van der Waals surface area (Å²) in [4.78, 5) is 44.0. The van der Waals surface area contributed by atoms with Crippen molar-refractivity contribution in [3.05, 3.63) is 32.7 Å². The second-order valence-electron chi connectivity index (χ2n) is 2.52. The van der Waals surface area contributed by atoms with Gasteiger partial charge in [-0.1, -0.05) is 0 Å². The van der Waals surface area contributed by atoms with E-state index in [0.29, 0.717) is 6.29 Å². The van der Waals surface area contributed by atoms with E-state index in [1.54, 1.807) is 0 Å². The van der Waals surface area contributed by atoms with Gasteiger partial charge in [0.15, 0.2) is 17.5 Å². The van der Waals surface area contributed by atoms with Crippen LogP contribution in [0.25, 0.3) is 11.2 Å². The third-order valence-corrected chi connectivity index (χ3v) is 1.59. The Morgan fingerprint density at radius 1 is 1.29 bits per heavy atom. The van der Waals surface area contributed by atoms with Crippen molar-refractivity contribution in [2.75, 3.05) is 0 Å². The summed E-state index contributed by atoms with van der Waals surface area (Å²) in [5.41, 5.74) is -1.29. The number of nitrogens with zero attached hydrogens (tertiary/aromatic N) is 2. The lowest BCUT2D eigenvalue weighted by atomic mass is 10.4. The zero-order valence-corrected chi connectivity index (χ0v) is 6.77. The molecule has 0 aliphatic carbocycles. The number of rotatable bonds is 1. The average molecular weight is 192 g/mol. The number of hydrogen-bond acceptors (Lipinski definition) is 5. The Morgan fingerprint density at radius 3 is 2.79 bits per heavy atom. The molecule has 0 saturated heterocycles. The second-order valence-corrected chi connectivity index (χ2v) is 2.52. The first-order valence-electron chi connectivity index (χ1n) is 3.65. The van der Waals surface area contributed by atoms with E-state index in [1.165, 1.54) is 6.20 Å². The quantitative estimate of drug-likeness (QED) is 0.552. The molecule has 2 N–H and O–H groups in total. The van der Waals surface area contributed by atoms with Crippen LogP contribution in [0.5, 0.6) is 0 Å². The lowest BCUT2D eigenvalue weighted by Gasteiger charge is -1.94. The number of carbonyl (C=O) groups excluding carboxylic acids is 1. The number of fused-ring (bicyclic) bond motifs is 1. The Bertz CT molecular complexity index is 612. The third-order valence-electron chi connectivity index (χ3n) is 1.59. The van der Waals surface area contributed by atoms with Crippen LogP contribution in [0.4, 0.5) is 0 Å². The minimum Gasteiger partial charge on any atom is -0.296 e. The van der Waals surface area contributed by atoms with E-state index >= 15 is 0 Å². The molecule has 0 radical (unpaired) electrons. The van der Waals surface area contributed by atoms with Crippen LogP contribution >= 0.6 is 0 Å². The largest absolute Gasteiger partial charge is 0.327 e. The summed E-state index contributed by atoms with van der Waals surface area (Å²) < 4.78 is 0. The lowest BCUT2D eigenvalue weighted by Crippen LogP contribution is -2.23. The summed E-state index contributed by atoms with van der Waals surface area (Å²) in [6.45, 7) is 0. The molecule has 0 fully saturated rings. The molecule has 0 saturated carbocycles. The molecule has 2 aromatic rings. The molecule has 7 nitrogen and oxygen atoms in total. The smallest absolute Gasteiger partial charge is 0.296 e. The zero-order chi connectivity index (χ0) is 10.1. The molecule has 7 heteroatoms. The maximum absolute atomic E-state index is 11.2. The first kappa shape index (κ1) is 8.30. The number of aromatic amines is 2. The summed E-state index contributed by atoms with van der Waals surface area (Å²) >= 11 is 0. The fourth-order valence-corrected chi connectivity index (χ4v) is 1.01. The molecule has 0 aliphatic heterocycles. The number of aldehydes is 1. The van der Waals surface area contributed by atoms with Gasteiger partial charge in [0.2, 0.25) is 0 Å². The number of nitrogens with one attached hydrogen (secondary N) is 2. The summed E-state index contributed by atoms with van der Waals surface area (Å²) in [7, 11) is 0. The van der Waals surface area contributed by atoms with E-state index in [2.05, 4.69) is 15.0 Å². The van der Waals surface area contributed by atoms with Crippen LogP contribution in [0, 0.1) is 0 Å². The Morgan fingerprint density at radius 2 is 2.07 bits per heavy atom. The molecule has 2 rings (SSSR count). The van der Waals surface area contributed by atoms with Crippen molar-refractivity contribution in [3.8, 4) is 0 Å². The molecular weight excluding hydrogens is 188 g/mol. The van der Waals surface area contributed by atoms with Crippen molar-refractivity contribution in [2.45, 2.75) is 0 Å². The van der Waals surface area contributed by atoms with Crippen LogP contribution in [0.15, 0.2) is 15.8 Å². The minimum absolute atomic E-state index is 0.0371. The van der Waals surface area contributed by atoms with Gasteiger partial charge >= 0.3 is 5.69 Å². The van der Waals surface area contributed by atoms with Crippen molar-refractivity contribution < 1.29 is 4.79 Å². The molecule has 0 bridgehead atoms. The normalized spacial score (nSPS) is 10.3. The van der Waals surface area contributed by atoms with Gasteiger partial charge in [0.1, 0.15) is 5.69 Å². The van der Waals surface area contributed by atoms with Gasteiger partial charge in [0, 0.05) is 0 Å². The van der Waals surface area contributed by atoms with Gasteiger partial charge in [0.05, 0.1) is 6.20 Å². The molecule has 0 amide bonds. The molecule has 0 aromatic carbocycles. The first-order chi connectivity index (χ1) is 6.70. The van der Waals surface area contributed by atoms with Crippen molar-refractivity contribution in [2.24, 2.45) is 0 Å². The summed E-state index contributed by atoms with van der Waals surface area (Å²) in [6, 6.07) is 0. The van der Waals surface area contributed by atoms with Crippen molar-refractivity contribution >= 4 is 17.5 Å². The monoisotopic (exact) mass is 192 g/mol. The first-order valence-corrected chi connectivity index (χ1v) is 3.65. The molecule has 0 atom stereocenters. The van der Waals surface area contributed by atoms with Crippen molar-refractivity contribution in [1.82, 2.24) is 19.9 Å². The van der Waals surface area contributed by atoms with Gasteiger partial charge < -0.3 is 0 Å². The summed E-state index contributed by atoms with van der Waals surface area (Å²) in [5, 5.41) is 0. The highest BCUT2D eigenvalue weighted by atomic mass is 16.2. The summed E-state index contributed by atoms with van der Waals surface area (Å²) in [5.74, 6) is 0. The molecule has 14 heavy (non-hydrogen) atoms. The molecule has 0 aliphatic rings. The SMILES string of the molecule is O=Cc1cnc2[nH]c(=O)[nH]c(=O)c2n1. The maximum Gasteiger partial charge on any atom is 0.327 e. The predicted molar refractivity (Wildman–Crippen MR) is 46.2 cm³/mol. The van der Waals surface area contributed by atoms with Crippen LogP contribution in [0.2, 0.25) is 0 Å². The molecule has 0 unspecified atom stereocenters. The van der Waals surface area contributed by atoms with Crippen LogP contribution in [0.1, 0.15) is 10.5 Å². The topological polar surface area (TPSA) is 109 Å². The highest BCUT2D eigenvalue weighted by Crippen LogP contribution is 1.96. The number of aromatic nitrogens is 4. The molecule has 70 valence electrons. The zero-order valence-electron chi connectivity index (χ0n) is 6.77. The third kappa shape index (κ3) is 1.20. The molecule has 2 aromatic heterocycles. The van der Waals surface area contributed by atoms with Gasteiger partial charge in [0.25, 0.3) is 5.56 Å². The van der Waals surface area contributed by atoms with Gasteiger partial charge in [-0.15, -0.1) is 0 Å². The van der Waals surface area contributed by atoms with Crippen molar-refractivity contribution in [3.63, 3.8) is 0 Å². The molecular formula is C7H4N4O3. The van der Waals surface area contributed by atoms with E-state index in [9.17, 15) is 14.4 Å². The van der Waals surface area contributed by atoms with E-state index in [0.717, 1.165) is 0 Å². The second kappa shape index (κ2) is 2.87. The summed E-state index contributed by atoms with van der Waals surface area (Å²) in [6.07, 6.45) is 1.64. The Labute approximate surface area is 75.8 Å². The molecule has 0 spiro atoms. The van der Waals surface area contributed by atoms with E-state index in [1.807, 2.05) is 4.98 Å². The van der Waals surface area contributed by atoms with Gasteiger partial charge in [-0.05, 0) is 0 Å². The standard InChI is InChI=1S/C7H4N4O3/c12-2-3-1-8-5-4(9-3)6(13)11-7(14)10-5/h1-2H,(H2,8,10,11,13,14). The van der Waals surface area contributed by atoms with Gasteiger partial charge in [-0.25, -0.2) is 14.8 Å². The highest BCUT2D eigenvalue weighted by molar-refractivity contribution is 5.76. The Kier molecular flexibility index (Phi) is 1.70. The van der Waals surface area contributed by atoms with E-state index < -0.39 is 11.2 Å². The van der Waals surface area contributed by atoms with Crippen molar-refractivity contribution in [1.29, 1.82) is 0 Å². The fraction of sp³-hybridized carbons (Fsp3) is 0. The molecule has 2 heterocycles. The maximum atomic E-state index is 11.2. The van der Waals surface area contributed by atoms with Gasteiger partial charge in [-0.2, -0.15) is 0 Å². The lowest BCUT2D eigenvalue weighted by molar-refractivity contribution is 0.111. The van der Waals surface area contributed by atoms with Crippen LogP contribution in [-0.2, 0) is 0 Å². The Hall–Kier alpha value is -2.31. The van der Waals surface area contributed by atoms with E-state index in [4.69, 9.17) is 0 Å². The number of carbonyl (C=O) groups is 1. The number of hydrogen-bond donors (Lipinski definition) is 2. The minimum atomic E-state index is -0.667. The highest BCUT2D eigenvalue weighted by Gasteiger charge is 2.03. The number of H-pyrrole nitrogens is 2. The van der Waals surface area contributed by atoms with Crippen LogP contribution in [0.3, 0.4) is 0 Å². The predicted octanol–water partition coefficient (Wildman–Crippen LogP) is -1.18. The van der Waals surface area contributed by atoms with Crippen LogP contribution < -0.4 is 11.2 Å². The Balaban J connectivity index is 2.96. The van der Waals surface area contributed by atoms with Crippen LogP contribution in [-0.4, -0.2) is 26.2 Å². The average Bonchev–Trinajstić information content (AvgIpc) is 2.17. The van der Waals surface area contributed by atoms with E-state index in [-0.39, 0.29) is 16.9 Å².